The van der Waals surface area contributed by atoms with Crippen molar-refractivity contribution < 1.29 is 14.6 Å². The highest BCUT2D eigenvalue weighted by Crippen LogP contribution is 2.19. The van der Waals surface area contributed by atoms with E-state index in [1.54, 1.807) is 18.2 Å². The first kappa shape index (κ1) is 13.3. The van der Waals surface area contributed by atoms with Gasteiger partial charge in [-0.1, -0.05) is 19.4 Å². The second-order valence-electron chi connectivity index (χ2n) is 3.83. The number of aromatic hydroxyl groups is 1. The topological polar surface area (TPSA) is 46.5 Å². The molecule has 1 aromatic rings. The van der Waals surface area contributed by atoms with Crippen molar-refractivity contribution >= 4 is 5.97 Å². The summed E-state index contributed by atoms with van der Waals surface area (Å²) in [6.45, 7) is 6.08. The number of allylic oxidation sites excluding steroid dienone is 1. The largest absolute Gasteiger partial charge is 0.508 e. The van der Waals surface area contributed by atoms with Crippen molar-refractivity contribution in [2.24, 2.45) is 0 Å². The molecule has 1 aromatic carbocycles. The van der Waals surface area contributed by atoms with Crippen LogP contribution in [0.15, 0.2) is 30.9 Å². The lowest BCUT2D eigenvalue weighted by molar-refractivity contribution is 0.0499. The Morgan fingerprint density at radius 3 is 2.94 bits per heavy atom. The summed E-state index contributed by atoms with van der Waals surface area (Å²) in [5.74, 6) is -0.168. The zero-order valence-corrected chi connectivity index (χ0v) is 10.1. The molecule has 0 unspecified atom stereocenters. The quantitative estimate of drug-likeness (QED) is 0.467. The summed E-state index contributed by atoms with van der Waals surface area (Å²) < 4.78 is 5.10. The molecule has 17 heavy (non-hydrogen) atoms. The number of phenolic OH excluding ortho intramolecular Hbond substituents is 1. The molecule has 1 N–H and O–H groups in total. The molecular formula is C14H18O3. The fraction of sp³-hybridized carbons (Fsp3) is 0.357. The number of rotatable bonds is 6. The van der Waals surface area contributed by atoms with Gasteiger partial charge in [-0.15, -0.1) is 6.58 Å². The van der Waals surface area contributed by atoms with Crippen LogP contribution >= 0.6 is 0 Å². The van der Waals surface area contributed by atoms with Crippen LogP contribution in [-0.2, 0) is 11.2 Å². The van der Waals surface area contributed by atoms with E-state index in [1.807, 2.05) is 6.92 Å². The minimum absolute atomic E-state index is 0.176. The predicted molar refractivity (Wildman–Crippen MR) is 67.2 cm³/mol. The molecule has 0 bridgehead atoms. The third kappa shape index (κ3) is 3.94. The van der Waals surface area contributed by atoms with E-state index in [9.17, 15) is 9.90 Å². The van der Waals surface area contributed by atoms with Gasteiger partial charge in [-0.05, 0) is 36.6 Å². The molecule has 0 aliphatic carbocycles. The van der Waals surface area contributed by atoms with Gasteiger partial charge in [-0.25, -0.2) is 4.79 Å². The molecular weight excluding hydrogens is 216 g/mol. The number of ether oxygens (including phenoxy) is 1. The SMILES string of the molecule is C=CCc1cc(C(=O)OCCCC)ccc1O. The lowest BCUT2D eigenvalue weighted by atomic mass is 10.1. The lowest BCUT2D eigenvalue weighted by Gasteiger charge is -2.06. The Bertz CT molecular complexity index is 396. The summed E-state index contributed by atoms with van der Waals surface area (Å²) in [5, 5.41) is 9.56. The van der Waals surface area contributed by atoms with Crippen LogP contribution < -0.4 is 0 Å². The zero-order valence-electron chi connectivity index (χ0n) is 10.1. The molecule has 0 aliphatic heterocycles. The fourth-order valence-corrected chi connectivity index (χ4v) is 1.42. The summed E-state index contributed by atoms with van der Waals surface area (Å²) in [6, 6.07) is 4.72. The van der Waals surface area contributed by atoms with E-state index >= 15 is 0 Å². The van der Waals surface area contributed by atoms with Crippen LogP contribution in [-0.4, -0.2) is 17.7 Å². The maximum Gasteiger partial charge on any atom is 0.338 e. The molecule has 1 rings (SSSR count). The standard InChI is InChI=1S/C14H18O3/c1-3-5-9-17-14(16)12-7-8-13(15)11(10-12)6-4-2/h4,7-8,10,15H,2-3,5-6,9H2,1H3. The highest BCUT2D eigenvalue weighted by atomic mass is 16.5. The van der Waals surface area contributed by atoms with Crippen LogP contribution in [0.2, 0.25) is 0 Å². The monoisotopic (exact) mass is 234 g/mol. The van der Waals surface area contributed by atoms with Gasteiger partial charge in [0, 0.05) is 0 Å². The Labute approximate surface area is 102 Å². The number of benzene rings is 1. The molecule has 0 spiro atoms. The average molecular weight is 234 g/mol. The van der Waals surface area contributed by atoms with Gasteiger partial charge < -0.3 is 9.84 Å². The molecule has 0 heterocycles. The lowest BCUT2D eigenvalue weighted by Crippen LogP contribution is -2.06. The molecule has 3 heteroatoms. The normalized spacial score (nSPS) is 9.94. The molecule has 0 fully saturated rings. The Kier molecular flexibility index (Phi) is 5.27. The molecule has 92 valence electrons. The van der Waals surface area contributed by atoms with Crippen LogP contribution in [0.4, 0.5) is 0 Å². The van der Waals surface area contributed by atoms with E-state index in [0.717, 1.165) is 12.8 Å². The molecule has 0 aromatic heterocycles. The molecule has 0 saturated carbocycles. The Balaban J connectivity index is 2.73. The molecule has 3 nitrogen and oxygen atoms in total. The first-order valence-electron chi connectivity index (χ1n) is 5.79. The highest BCUT2D eigenvalue weighted by molar-refractivity contribution is 5.89. The van der Waals surface area contributed by atoms with E-state index in [4.69, 9.17) is 4.74 Å². The van der Waals surface area contributed by atoms with Gasteiger partial charge in [-0.2, -0.15) is 0 Å². The third-order valence-corrected chi connectivity index (χ3v) is 2.41. The molecule has 0 atom stereocenters. The van der Waals surface area contributed by atoms with E-state index in [1.165, 1.54) is 6.07 Å². The maximum atomic E-state index is 11.7. The van der Waals surface area contributed by atoms with Gasteiger partial charge in [0.2, 0.25) is 0 Å². The number of phenols is 1. The van der Waals surface area contributed by atoms with Gasteiger partial charge in [0.05, 0.1) is 12.2 Å². The number of hydrogen-bond acceptors (Lipinski definition) is 3. The predicted octanol–water partition coefficient (Wildman–Crippen LogP) is 3.08. The summed E-state index contributed by atoms with van der Waals surface area (Å²) in [7, 11) is 0. The van der Waals surface area contributed by atoms with Crippen molar-refractivity contribution in [1.29, 1.82) is 0 Å². The Hall–Kier alpha value is -1.77. The van der Waals surface area contributed by atoms with Crippen LogP contribution in [0, 0.1) is 0 Å². The van der Waals surface area contributed by atoms with Crippen LogP contribution in [0.1, 0.15) is 35.7 Å². The molecule has 0 saturated heterocycles. The number of esters is 1. The molecule has 0 aliphatic rings. The first-order valence-corrected chi connectivity index (χ1v) is 5.79. The highest BCUT2D eigenvalue weighted by Gasteiger charge is 2.09. The van der Waals surface area contributed by atoms with Crippen molar-refractivity contribution in [2.75, 3.05) is 6.61 Å². The fourth-order valence-electron chi connectivity index (χ4n) is 1.42. The maximum absolute atomic E-state index is 11.7. The van der Waals surface area contributed by atoms with Gasteiger partial charge in [0.25, 0.3) is 0 Å². The third-order valence-electron chi connectivity index (χ3n) is 2.41. The number of carbonyl (C=O) groups is 1. The minimum atomic E-state index is -0.344. The number of unbranched alkanes of at least 4 members (excludes halogenated alkanes) is 1. The minimum Gasteiger partial charge on any atom is -0.508 e. The van der Waals surface area contributed by atoms with Crippen molar-refractivity contribution in [3.63, 3.8) is 0 Å². The molecule has 0 amide bonds. The smallest absolute Gasteiger partial charge is 0.338 e. The van der Waals surface area contributed by atoms with Crippen molar-refractivity contribution in [2.45, 2.75) is 26.2 Å². The summed E-state index contributed by atoms with van der Waals surface area (Å²) in [5.41, 5.74) is 1.15. The van der Waals surface area contributed by atoms with E-state index in [-0.39, 0.29) is 11.7 Å². The number of carbonyl (C=O) groups excluding carboxylic acids is 1. The van der Waals surface area contributed by atoms with E-state index < -0.39 is 0 Å². The van der Waals surface area contributed by atoms with Crippen molar-refractivity contribution in [3.8, 4) is 5.75 Å². The van der Waals surface area contributed by atoms with Gasteiger partial charge in [0.1, 0.15) is 5.75 Å². The Morgan fingerprint density at radius 2 is 2.29 bits per heavy atom. The van der Waals surface area contributed by atoms with Gasteiger partial charge in [-0.3, -0.25) is 0 Å². The molecule has 0 radical (unpaired) electrons. The summed E-state index contributed by atoms with van der Waals surface area (Å²) >= 11 is 0. The Morgan fingerprint density at radius 1 is 1.53 bits per heavy atom. The van der Waals surface area contributed by atoms with E-state index in [2.05, 4.69) is 6.58 Å². The van der Waals surface area contributed by atoms with Crippen molar-refractivity contribution in [1.82, 2.24) is 0 Å². The van der Waals surface area contributed by atoms with Crippen LogP contribution in [0.5, 0.6) is 5.75 Å². The van der Waals surface area contributed by atoms with Crippen molar-refractivity contribution in [3.05, 3.63) is 42.0 Å². The first-order chi connectivity index (χ1) is 8.19. The zero-order chi connectivity index (χ0) is 12.7. The van der Waals surface area contributed by atoms with Crippen LogP contribution in [0.25, 0.3) is 0 Å². The second-order valence-corrected chi connectivity index (χ2v) is 3.83. The number of hydrogen-bond donors (Lipinski definition) is 1. The van der Waals surface area contributed by atoms with Gasteiger partial charge >= 0.3 is 5.97 Å². The summed E-state index contributed by atoms with van der Waals surface area (Å²) in [4.78, 5) is 11.7. The second kappa shape index (κ2) is 6.74. The summed E-state index contributed by atoms with van der Waals surface area (Å²) in [6.07, 6.45) is 4.07. The van der Waals surface area contributed by atoms with E-state index in [0.29, 0.717) is 24.2 Å². The van der Waals surface area contributed by atoms with Gasteiger partial charge in [0.15, 0.2) is 0 Å². The van der Waals surface area contributed by atoms with Crippen LogP contribution in [0.3, 0.4) is 0 Å². The average Bonchev–Trinajstić information content (AvgIpc) is 2.32.